The van der Waals surface area contributed by atoms with Gasteiger partial charge in [0.05, 0.1) is 12.5 Å². The number of benzene rings is 2. The highest BCUT2D eigenvalue weighted by molar-refractivity contribution is 5.89. The standard InChI is InChI=1S/C26H30N2O6/c1-2-33-17-11-16(12-17)14-27-25(31)23(13-24(29)30)28-26(32)34-15-22-20-9-5-3-7-18(20)19-8-4-6-10-21(19)22/h3-10,16-17,22-23H,2,11-15H2,1H3,(H,27,31)(H,28,32)(H,29,30). The molecule has 0 heterocycles. The molecule has 1 saturated carbocycles. The molecule has 2 aromatic rings. The van der Waals surface area contributed by atoms with Crippen LogP contribution >= 0.6 is 0 Å². The smallest absolute Gasteiger partial charge is 0.407 e. The minimum Gasteiger partial charge on any atom is -0.481 e. The van der Waals surface area contributed by atoms with Gasteiger partial charge in [-0.25, -0.2) is 4.79 Å². The third-order valence-electron chi connectivity index (χ3n) is 6.49. The first-order valence-electron chi connectivity index (χ1n) is 11.7. The lowest BCUT2D eigenvalue weighted by Gasteiger charge is -2.35. The van der Waals surface area contributed by atoms with Crippen LogP contribution in [0.1, 0.15) is 43.2 Å². The fourth-order valence-corrected chi connectivity index (χ4v) is 4.75. The summed E-state index contributed by atoms with van der Waals surface area (Å²) in [6.07, 6.45) is 0.598. The summed E-state index contributed by atoms with van der Waals surface area (Å²) < 4.78 is 11.0. The maximum atomic E-state index is 12.6. The van der Waals surface area contributed by atoms with Crippen molar-refractivity contribution in [3.63, 3.8) is 0 Å². The van der Waals surface area contributed by atoms with Gasteiger partial charge in [0, 0.05) is 19.1 Å². The Morgan fingerprint density at radius 2 is 1.65 bits per heavy atom. The average Bonchev–Trinajstić information content (AvgIpc) is 3.12. The number of ether oxygens (including phenoxy) is 2. The second-order valence-corrected chi connectivity index (χ2v) is 8.78. The normalized spacial score (nSPS) is 19.3. The van der Waals surface area contributed by atoms with Gasteiger partial charge >= 0.3 is 12.1 Å². The molecule has 0 bridgehead atoms. The number of amides is 2. The van der Waals surface area contributed by atoms with Gasteiger partial charge in [0.2, 0.25) is 5.91 Å². The van der Waals surface area contributed by atoms with Crippen LogP contribution in [0.15, 0.2) is 48.5 Å². The Morgan fingerprint density at radius 3 is 2.24 bits per heavy atom. The predicted octanol–water partition coefficient (Wildman–Crippen LogP) is 3.30. The van der Waals surface area contributed by atoms with Crippen molar-refractivity contribution in [1.29, 1.82) is 0 Å². The number of rotatable bonds is 10. The van der Waals surface area contributed by atoms with Crippen molar-refractivity contribution in [1.82, 2.24) is 10.6 Å². The van der Waals surface area contributed by atoms with E-state index in [1.807, 2.05) is 55.5 Å². The van der Waals surface area contributed by atoms with E-state index in [0.717, 1.165) is 35.1 Å². The van der Waals surface area contributed by atoms with Gasteiger partial charge in [-0.05, 0) is 47.9 Å². The highest BCUT2D eigenvalue weighted by atomic mass is 16.5. The van der Waals surface area contributed by atoms with E-state index in [9.17, 15) is 19.5 Å². The highest BCUT2D eigenvalue weighted by Crippen LogP contribution is 2.44. The Hall–Kier alpha value is -3.39. The number of carbonyl (C=O) groups excluding carboxylic acids is 2. The minimum absolute atomic E-state index is 0.0855. The summed E-state index contributed by atoms with van der Waals surface area (Å²) in [6, 6.07) is 14.7. The van der Waals surface area contributed by atoms with Crippen LogP contribution in [0.4, 0.5) is 4.79 Å². The molecule has 180 valence electrons. The fraction of sp³-hybridized carbons (Fsp3) is 0.423. The largest absolute Gasteiger partial charge is 0.481 e. The Balaban J connectivity index is 1.32. The molecule has 1 unspecified atom stereocenters. The van der Waals surface area contributed by atoms with Crippen molar-refractivity contribution in [2.45, 2.75) is 44.2 Å². The molecule has 2 aliphatic carbocycles. The quantitative estimate of drug-likeness (QED) is 0.495. The minimum atomic E-state index is -1.21. The molecule has 1 atom stereocenters. The number of alkyl carbamates (subject to hydrolysis) is 1. The molecule has 2 aliphatic rings. The summed E-state index contributed by atoms with van der Waals surface area (Å²) >= 11 is 0. The molecule has 0 aliphatic heterocycles. The maximum Gasteiger partial charge on any atom is 0.407 e. The number of carbonyl (C=O) groups is 3. The molecule has 3 N–H and O–H groups in total. The van der Waals surface area contributed by atoms with Gasteiger partial charge in [0.25, 0.3) is 0 Å². The molecule has 8 nitrogen and oxygen atoms in total. The van der Waals surface area contributed by atoms with Crippen LogP contribution in [0.3, 0.4) is 0 Å². The zero-order valence-electron chi connectivity index (χ0n) is 19.2. The number of carboxylic acid groups (broad SMARTS) is 1. The van der Waals surface area contributed by atoms with E-state index in [1.165, 1.54) is 0 Å². The molecule has 0 spiro atoms. The maximum absolute atomic E-state index is 12.6. The van der Waals surface area contributed by atoms with Crippen molar-refractivity contribution in [3.05, 3.63) is 59.7 Å². The second-order valence-electron chi connectivity index (χ2n) is 8.78. The summed E-state index contributed by atoms with van der Waals surface area (Å²) in [6.45, 7) is 3.11. The third kappa shape index (κ3) is 5.39. The topological polar surface area (TPSA) is 114 Å². The Kier molecular flexibility index (Phi) is 7.47. The van der Waals surface area contributed by atoms with Gasteiger partial charge in [-0.2, -0.15) is 0 Å². The van der Waals surface area contributed by atoms with E-state index in [1.54, 1.807) is 0 Å². The molecule has 2 amide bonds. The molecule has 0 saturated heterocycles. The number of nitrogens with one attached hydrogen (secondary N) is 2. The first kappa shape index (κ1) is 23.8. The summed E-state index contributed by atoms with van der Waals surface area (Å²) in [5.41, 5.74) is 4.36. The van der Waals surface area contributed by atoms with Gasteiger partial charge in [-0.15, -0.1) is 0 Å². The molecular formula is C26H30N2O6. The van der Waals surface area contributed by atoms with Crippen LogP contribution in [0.5, 0.6) is 0 Å². The van der Waals surface area contributed by atoms with Gasteiger partial charge in [0.1, 0.15) is 12.6 Å². The van der Waals surface area contributed by atoms with Gasteiger partial charge in [-0.3, -0.25) is 9.59 Å². The molecule has 4 rings (SSSR count). The van der Waals surface area contributed by atoms with Crippen molar-refractivity contribution < 1.29 is 29.0 Å². The van der Waals surface area contributed by atoms with Crippen LogP contribution in [0, 0.1) is 5.92 Å². The van der Waals surface area contributed by atoms with Crippen molar-refractivity contribution in [2.24, 2.45) is 5.92 Å². The number of aliphatic carboxylic acids is 1. The van der Waals surface area contributed by atoms with E-state index < -0.39 is 30.4 Å². The first-order valence-corrected chi connectivity index (χ1v) is 11.7. The third-order valence-corrected chi connectivity index (χ3v) is 6.49. The second kappa shape index (κ2) is 10.7. The van der Waals surface area contributed by atoms with E-state index in [4.69, 9.17) is 9.47 Å². The van der Waals surface area contributed by atoms with Gasteiger partial charge in [-0.1, -0.05) is 48.5 Å². The van der Waals surface area contributed by atoms with Crippen LogP contribution < -0.4 is 10.6 Å². The van der Waals surface area contributed by atoms with Crippen molar-refractivity contribution in [2.75, 3.05) is 19.8 Å². The van der Waals surface area contributed by atoms with Crippen LogP contribution in [-0.4, -0.2) is 55.0 Å². The lowest BCUT2D eigenvalue weighted by atomic mass is 9.82. The molecular weight excluding hydrogens is 436 g/mol. The van der Waals surface area contributed by atoms with Crippen molar-refractivity contribution >= 4 is 18.0 Å². The molecule has 0 radical (unpaired) electrons. The molecule has 0 aromatic heterocycles. The molecule has 34 heavy (non-hydrogen) atoms. The molecule has 2 aromatic carbocycles. The Bertz CT molecular complexity index is 1000. The zero-order chi connectivity index (χ0) is 24.1. The zero-order valence-corrected chi connectivity index (χ0v) is 19.2. The van der Waals surface area contributed by atoms with Gasteiger partial charge in [0.15, 0.2) is 0 Å². The number of hydrogen-bond donors (Lipinski definition) is 3. The lowest BCUT2D eigenvalue weighted by Crippen LogP contribution is -2.50. The summed E-state index contributed by atoms with van der Waals surface area (Å²) in [5.74, 6) is -1.54. The number of fused-ring (bicyclic) bond motifs is 3. The summed E-state index contributed by atoms with van der Waals surface area (Å²) in [4.78, 5) is 36.4. The monoisotopic (exact) mass is 466 g/mol. The van der Waals surface area contributed by atoms with E-state index in [0.29, 0.717) is 19.1 Å². The highest BCUT2D eigenvalue weighted by Gasteiger charge is 2.32. The first-order chi connectivity index (χ1) is 16.5. The lowest BCUT2D eigenvalue weighted by molar-refractivity contribution is -0.139. The van der Waals surface area contributed by atoms with Crippen LogP contribution in [0.25, 0.3) is 11.1 Å². The van der Waals surface area contributed by atoms with Crippen LogP contribution in [0.2, 0.25) is 0 Å². The van der Waals surface area contributed by atoms with E-state index in [-0.39, 0.29) is 18.6 Å². The Labute approximate surface area is 198 Å². The number of carboxylic acids is 1. The van der Waals surface area contributed by atoms with E-state index in [2.05, 4.69) is 10.6 Å². The number of hydrogen-bond acceptors (Lipinski definition) is 5. The molecule has 1 fully saturated rings. The molecule has 8 heteroatoms. The SMILES string of the molecule is CCOC1CC(CNC(=O)C(CC(=O)O)NC(=O)OCC2c3ccccc3-c3ccccc32)C1. The summed E-state index contributed by atoms with van der Waals surface area (Å²) in [7, 11) is 0. The Morgan fingerprint density at radius 1 is 1.03 bits per heavy atom. The van der Waals surface area contributed by atoms with Crippen molar-refractivity contribution in [3.8, 4) is 11.1 Å². The van der Waals surface area contributed by atoms with E-state index >= 15 is 0 Å². The summed E-state index contributed by atoms with van der Waals surface area (Å²) in [5, 5.41) is 14.4. The van der Waals surface area contributed by atoms with Gasteiger partial charge < -0.3 is 25.2 Å². The fourth-order valence-electron chi connectivity index (χ4n) is 4.75. The van der Waals surface area contributed by atoms with Crippen LogP contribution in [-0.2, 0) is 19.1 Å². The predicted molar refractivity (Wildman–Crippen MR) is 125 cm³/mol. The average molecular weight is 467 g/mol.